The molecule has 8 nitrogen and oxygen atoms in total. The van der Waals surface area contributed by atoms with Crippen LogP contribution < -0.4 is 0 Å². The molecule has 0 aromatic heterocycles. The van der Waals surface area contributed by atoms with Gasteiger partial charge in [0.25, 0.3) is 0 Å². The van der Waals surface area contributed by atoms with E-state index >= 15 is 0 Å². The van der Waals surface area contributed by atoms with Crippen LogP contribution in [0, 0.1) is 11.8 Å². The maximum absolute atomic E-state index is 13.9. The number of likely N-dealkylation sites (tertiary alicyclic amines) is 1. The van der Waals surface area contributed by atoms with Crippen molar-refractivity contribution in [1.29, 1.82) is 0 Å². The predicted molar refractivity (Wildman–Crippen MR) is 116 cm³/mol. The molecule has 6 atom stereocenters. The quantitative estimate of drug-likeness (QED) is 0.361. The molecule has 0 aromatic carbocycles. The van der Waals surface area contributed by atoms with E-state index in [2.05, 4.69) is 6.92 Å². The first-order valence-corrected chi connectivity index (χ1v) is 11.8. The first kappa shape index (κ1) is 23.0. The molecule has 4 aliphatic heterocycles. The molecular weight excluding hydrogens is 412 g/mol. The first-order chi connectivity index (χ1) is 15.4. The van der Waals surface area contributed by atoms with E-state index < -0.39 is 41.1 Å². The van der Waals surface area contributed by atoms with Crippen molar-refractivity contribution in [1.82, 2.24) is 9.80 Å². The Kier molecular flexibility index (Phi) is 6.20. The molecular formula is C24H34N2O6. The van der Waals surface area contributed by atoms with Crippen molar-refractivity contribution in [3.05, 3.63) is 24.3 Å². The summed E-state index contributed by atoms with van der Waals surface area (Å²) in [6.07, 6.45) is 10.7. The minimum Gasteiger partial charge on any atom is -0.461 e. The average molecular weight is 447 g/mol. The standard InChI is InChI=1S/C24H34N2O6/c1-4-6-7-12-25-13-8-11-24-17(20(28)26(16(3)15-27)19(24)21(25)29)18-22(30)31-14-9-10-23(18,5-2)32-24/h8-11,16-19,27H,4-7,12-15H2,1-3H3/t16-,17+,18-,19?,23+,24+/m1/s1. The lowest BCUT2D eigenvalue weighted by Crippen LogP contribution is -2.58. The van der Waals surface area contributed by atoms with Crippen molar-refractivity contribution in [2.24, 2.45) is 11.8 Å². The van der Waals surface area contributed by atoms with Crippen molar-refractivity contribution >= 4 is 17.8 Å². The molecule has 2 fully saturated rings. The summed E-state index contributed by atoms with van der Waals surface area (Å²) in [6.45, 7) is 6.61. The fourth-order valence-corrected chi connectivity index (χ4v) is 5.90. The Bertz CT molecular complexity index is 840. The van der Waals surface area contributed by atoms with E-state index in [9.17, 15) is 19.5 Å². The van der Waals surface area contributed by atoms with Crippen LogP contribution in [0.4, 0.5) is 0 Å². The number of fused-ring (bicyclic) bond motifs is 2. The zero-order chi connectivity index (χ0) is 23.1. The highest BCUT2D eigenvalue weighted by atomic mass is 16.6. The Morgan fingerprint density at radius 2 is 1.91 bits per heavy atom. The summed E-state index contributed by atoms with van der Waals surface area (Å²) in [7, 11) is 0. The number of hydrogen-bond donors (Lipinski definition) is 1. The molecule has 4 heterocycles. The molecule has 0 saturated carbocycles. The van der Waals surface area contributed by atoms with Gasteiger partial charge in [0.1, 0.15) is 29.8 Å². The highest BCUT2D eigenvalue weighted by Crippen LogP contribution is 2.58. The first-order valence-electron chi connectivity index (χ1n) is 11.8. The van der Waals surface area contributed by atoms with Crippen molar-refractivity contribution in [2.45, 2.75) is 69.7 Å². The van der Waals surface area contributed by atoms with Gasteiger partial charge in [0, 0.05) is 13.1 Å². The molecule has 4 aliphatic rings. The van der Waals surface area contributed by atoms with E-state index in [0.29, 0.717) is 19.5 Å². The van der Waals surface area contributed by atoms with Gasteiger partial charge in [-0.25, -0.2) is 0 Å². The molecule has 32 heavy (non-hydrogen) atoms. The summed E-state index contributed by atoms with van der Waals surface area (Å²) < 4.78 is 12.1. The summed E-state index contributed by atoms with van der Waals surface area (Å²) in [5.41, 5.74) is -2.29. The maximum atomic E-state index is 13.9. The molecule has 1 unspecified atom stereocenters. The van der Waals surface area contributed by atoms with Crippen LogP contribution in [0.1, 0.15) is 46.5 Å². The Morgan fingerprint density at radius 1 is 1.12 bits per heavy atom. The minimum atomic E-state index is -1.28. The van der Waals surface area contributed by atoms with Crippen LogP contribution in [0.25, 0.3) is 0 Å². The van der Waals surface area contributed by atoms with Crippen LogP contribution in [0.3, 0.4) is 0 Å². The van der Waals surface area contributed by atoms with Crippen LogP contribution in [0.2, 0.25) is 0 Å². The zero-order valence-electron chi connectivity index (χ0n) is 19.2. The molecule has 2 amide bonds. The lowest BCUT2D eigenvalue weighted by Gasteiger charge is -2.39. The lowest BCUT2D eigenvalue weighted by atomic mass is 9.73. The number of esters is 1. The van der Waals surface area contributed by atoms with Gasteiger partial charge in [-0.3, -0.25) is 14.4 Å². The second-order valence-corrected chi connectivity index (χ2v) is 9.33. The number of hydrogen-bond acceptors (Lipinski definition) is 6. The highest BCUT2D eigenvalue weighted by Gasteiger charge is 2.75. The van der Waals surface area contributed by atoms with Gasteiger partial charge in [-0.1, -0.05) is 44.9 Å². The van der Waals surface area contributed by atoms with Gasteiger partial charge in [0.15, 0.2) is 0 Å². The van der Waals surface area contributed by atoms with E-state index in [1.165, 1.54) is 4.90 Å². The number of carbonyl (C=O) groups excluding carboxylic acids is 3. The summed E-state index contributed by atoms with van der Waals surface area (Å²) >= 11 is 0. The summed E-state index contributed by atoms with van der Waals surface area (Å²) in [4.78, 5) is 44.0. The third-order valence-corrected chi connectivity index (χ3v) is 7.49. The molecule has 0 aromatic rings. The third kappa shape index (κ3) is 3.22. The number of aliphatic hydroxyl groups excluding tert-OH is 1. The fraction of sp³-hybridized carbons (Fsp3) is 0.708. The highest BCUT2D eigenvalue weighted by molar-refractivity contribution is 5.99. The molecule has 0 bridgehead atoms. The van der Waals surface area contributed by atoms with Gasteiger partial charge in [-0.05, 0) is 25.8 Å². The van der Waals surface area contributed by atoms with Crippen LogP contribution in [0.15, 0.2) is 24.3 Å². The Hall–Kier alpha value is -2.19. The van der Waals surface area contributed by atoms with Gasteiger partial charge >= 0.3 is 5.97 Å². The predicted octanol–water partition coefficient (Wildman–Crippen LogP) is 1.43. The summed E-state index contributed by atoms with van der Waals surface area (Å²) in [5, 5.41) is 9.91. The second-order valence-electron chi connectivity index (χ2n) is 9.33. The second kappa shape index (κ2) is 8.63. The van der Waals surface area contributed by atoms with Crippen LogP contribution in [0.5, 0.6) is 0 Å². The Balaban J connectivity index is 1.83. The van der Waals surface area contributed by atoms with E-state index in [0.717, 1.165) is 19.3 Å². The largest absolute Gasteiger partial charge is 0.461 e. The Labute approximate surface area is 189 Å². The van der Waals surface area contributed by atoms with Crippen LogP contribution >= 0.6 is 0 Å². The number of ether oxygens (including phenoxy) is 2. The normalized spacial score (nSPS) is 37.0. The number of nitrogens with zero attached hydrogens (tertiary/aromatic N) is 2. The van der Waals surface area contributed by atoms with E-state index in [1.54, 1.807) is 17.9 Å². The average Bonchev–Trinajstić information content (AvgIpc) is 3.08. The molecule has 1 spiro atoms. The van der Waals surface area contributed by atoms with E-state index in [4.69, 9.17) is 9.47 Å². The van der Waals surface area contributed by atoms with Crippen molar-refractivity contribution < 1.29 is 29.0 Å². The SMILES string of the molecule is CCCCCN1CC=C[C@]23O[C@@]4(CC)C=CCOC(=O)[C@H]4[C@H]2C(=O)N([C@H](C)CO)C3C1=O. The van der Waals surface area contributed by atoms with Crippen molar-refractivity contribution in [3.8, 4) is 0 Å². The molecule has 8 heteroatoms. The Morgan fingerprint density at radius 3 is 2.59 bits per heavy atom. The van der Waals surface area contributed by atoms with Crippen LogP contribution in [-0.4, -0.2) is 82.3 Å². The van der Waals surface area contributed by atoms with E-state index in [1.807, 2.05) is 25.2 Å². The molecule has 0 radical (unpaired) electrons. The van der Waals surface area contributed by atoms with E-state index in [-0.39, 0.29) is 25.0 Å². The minimum absolute atomic E-state index is 0.133. The number of amides is 2. The van der Waals surface area contributed by atoms with Crippen molar-refractivity contribution in [2.75, 3.05) is 26.3 Å². The van der Waals surface area contributed by atoms with Gasteiger partial charge in [-0.2, -0.15) is 0 Å². The maximum Gasteiger partial charge on any atom is 0.313 e. The van der Waals surface area contributed by atoms with Gasteiger partial charge in [-0.15, -0.1) is 0 Å². The van der Waals surface area contributed by atoms with Crippen molar-refractivity contribution in [3.63, 3.8) is 0 Å². The van der Waals surface area contributed by atoms with Crippen LogP contribution in [-0.2, 0) is 23.9 Å². The summed E-state index contributed by atoms with van der Waals surface area (Å²) in [5.74, 6) is -2.73. The number of cyclic esters (lactones) is 1. The van der Waals surface area contributed by atoms with Gasteiger partial charge in [0.05, 0.1) is 18.6 Å². The smallest absolute Gasteiger partial charge is 0.313 e. The number of carbonyl (C=O) groups is 3. The lowest BCUT2D eigenvalue weighted by molar-refractivity contribution is -0.161. The molecule has 2 saturated heterocycles. The molecule has 176 valence electrons. The van der Waals surface area contributed by atoms with Gasteiger partial charge < -0.3 is 24.4 Å². The molecule has 4 rings (SSSR count). The third-order valence-electron chi connectivity index (χ3n) is 7.49. The summed E-state index contributed by atoms with van der Waals surface area (Å²) in [6, 6.07) is -1.51. The topological polar surface area (TPSA) is 96.4 Å². The molecule has 1 N–H and O–H groups in total. The molecule has 0 aliphatic carbocycles. The van der Waals surface area contributed by atoms with Gasteiger partial charge in [0.2, 0.25) is 11.8 Å². The monoisotopic (exact) mass is 446 g/mol. The number of rotatable bonds is 7. The number of unbranched alkanes of at least 4 members (excludes halogenated alkanes) is 2. The number of aliphatic hydroxyl groups is 1. The zero-order valence-corrected chi connectivity index (χ0v) is 19.2. The fourth-order valence-electron chi connectivity index (χ4n) is 5.90.